The Hall–Kier alpha value is -4.08. The number of fused-ring (bicyclic) bond motifs is 1. The third-order valence-corrected chi connectivity index (χ3v) is 9.73. The van der Waals surface area contributed by atoms with E-state index < -0.39 is 52.6 Å². The molecule has 0 saturated carbocycles. The van der Waals surface area contributed by atoms with Crippen LogP contribution < -0.4 is 10.6 Å². The summed E-state index contributed by atoms with van der Waals surface area (Å²) in [7, 11) is 0. The lowest BCUT2D eigenvalue weighted by Crippen LogP contribution is -2.71. The Balaban J connectivity index is 1.32. The van der Waals surface area contributed by atoms with E-state index in [1.165, 1.54) is 45.8 Å². The minimum atomic E-state index is -1.23. The topological polar surface area (TPSA) is 182 Å². The average Bonchev–Trinajstić information content (AvgIpc) is 3.39. The van der Waals surface area contributed by atoms with Crippen LogP contribution in [0.2, 0.25) is 0 Å². The smallest absolute Gasteiger partial charge is 0.352 e. The summed E-state index contributed by atoms with van der Waals surface area (Å²) in [6.07, 6.45) is 0. The number of aromatic nitrogens is 2. The molecule has 1 fully saturated rings. The molecular formula is C26H23N5O7S3. The molecule has 3 aromatic rings. The standard InChI is InChI=1S/C26H23N5O7S3/c1-12-29-30-26(41-12)40-11-15-10-39-24-19(23(36)31(24)20(15)25(37)38)28-22(35)18(13-5-3-2-4-6-13)27-21(34)14-7-8-16(32)17(33)9-14/h2-9,18-19,24,32-33H,10-11H2,1H3,(H,27,34)(H,28,35)(H,37,38)/t18?,19?,24-/m0/s1. The number of nitrogens with zero attached hydrogens (tertiary/aromatic N) is 3. The fourth-order valence-electron chi connectivity index (χ4n) is 4.34. The zero-order valence-electron chi connectivity index (χ0n) is 21.3. The quantitative estimate of drug-likeness (QED) is 0.136. The molecular weight excluding hydrogens is 591 g/mol. The van der Waals surface area contributed by atoms with Crippen LogP contribution in [-0.2, 0) is 14.4 Å². The number of phenolic OH excluding ortho intramolecular Hbond substituents is 2. The summed E-state index contributed by atoms with van der Waals surface area (Å²) in [6.45, 7) is 1.82. The number of aliphatic carboxylic acids is 1. The number of benzene rings is 2. The van der Waals surface area contributed by atoms with Gasteiger partial charge in [-0.05, 0) is 36.3 Å². The lowest BCUT2D eigenvalue weighted by atomic mass is 10.0. The number of thioether (sulfide) groups is 2. The Morgan fingerprint density at radius 3 is 2.54 bits per heavy atom. The van der Waals surface area contributed by atoms with Gasteiger partial charge in [-0.15, -0.1) is 22.0 Å². The van der Waals surface area contributed by atoms with Crippen molar-refractivity contribution < 1.29 is 34.5 Å². The van der Waals surface area contributed by atoms with E-state index in [2.05, 4.69) is 20.8 Å². The number of carbonyl (C=O) groups excluding carboxylic acids is 3. The first kappa shape index (κ1) is 28.4. The van der Waals surface area contributed by atoms with Crippen molar-refractivity contribution >= 4 is 58.6 Å². The first-order valence-corrected chi connectivity index (χ1v) is 15.0. The van der Waals surface area contributed by atoms with Crippen molar-refractivity contribution in [3.05, 3.63) is 75.9 Å². The van der Waals surface area contributed by atoms with Crippen molar-refractivity contribution in [2.75, 3.05) is 11.5 Å². The number of carbonyl (C=O) groups is 4. The second kappa shape index (κ2) is 11.8. The van der Waals surface area contributed by atoms with Gasteiger partial charge in [-0.3, -0.25) is 19.3 Å². The second-order valence-electron chi connectivity index (χ2n) is 9.05. The number of carboxylic acid groups (broad SMARTS) is 1. The fraction of sp³-hybridized carbons (Fsp3) is 0.231. The van der Waals surface area contributed by atoms with E-state index >= 15 is 0 Å². The molecule has 0 bridgehead atoms. The fourth-order valence-corrected chi connectivity index (χ4v) is 7.64. The third-order valence-electron chi connectivity index (χ3n) is 6.33. The molecule has 3 amide bonds. The van der Waals surface area contributed by atoms with E-state index in [-0.39, 0.29) is 11.3 Å². The summed E-state index contributed by atoms with van der Waals surface area (Å²) < 4.78 is 0.698. The number of β-lactam (4-membered cyclic amide) rings is 1. The Morgan fingerprint density at radius 2 is 1.88 bits per heavy atom. The molecule has 2 unspecified atom stereocenters. The van der Waals surface area contributed by atoms with E-state index in [1.54, 1.807) is 30.3 Å². The predicted octanol–water partition coefficient (Wildman–Crippen LogP) is 2.26. The van der Waals surface area contributed by atoms with Crippen molar-refractivity contribution in [3.8, 4) is 11.5 Å². The number of phenols is 2. The highest BCUT2D eigenvalue weighted by atomic mass is 32.2. The highest BCUT2D eigenvalue weighted by Gasteiger charge is 2.54. The number of nitrogens with one attached hydrogen (secondary N) is 2. The van der Waals surface area contributed by atoms with Gasteiger partial charge in [0.15, 0.2) is 15.8 Å². The van der Waals surface area contributed by atoms with E-state index in [0.29, 0.717) is 27.0 Å². The van der Waals surface area contributed by atoms with Crippen LogP contribution in [0.25, 0.3) is 0 Å². The maximum Gasteiger partial charge on any atom is 0.352 e. The normalized spacial score (nSPS) is 18.8. The molecule has 1 aromatic heterocycles. The summed E-state index contributed by atoms with van der Waals surface area (Å²) in [5, 5.41) is 42.7. The Kier molecular flexibility index (Phi) is 8.19. The maximum atomic E-state index is 13.5. The van der Waals surface area contributed by atoms with Crippen LogP contribution in [0.4, 0.5) is 0 Å². The zero-order chi connectivity index (χ0) is 29.3. The molecule has 0 aliphatic carbocycles. The number of carboxylic acids is 1. The zero-order valence-corrected chi connectivity index (χ0v) is 23.8. The lowest BCUT2D eigenvalue weighted by Gasteiger charge is -2.49. The van der Waals surface area contributed by atoms with E-state index in [1.807, 2.05) is 6.92 Å². The number of rotatable bonds is 9. The molecule has 2 aliphatic heterocycles. The summed E-state index contributed by atoms with van der Waals surface area (Å²) in [5.74, 6) is -3.38. The van der Waals surface area contributed by atoms with Crippen LogP contribution in [0.5, 0.6) is 11.5 Å². The maximum absolute atomic E-state index is 13.5. The molecule has 2 aliphatic rings. The van der Waals surface area contributed by atoms with Gasteiger partial charge in [-0.1, -0.05) is 53.4 Å². The van der Waals surface area contributed by atoms with Gasteiger partial charge < -0.3 is 26.0 Å². The molecule has 12 nitrogen and oxygen atoms in total. The van der Waals surface area contributed by atoms with Gasteiger partial charge in [0, 0.05) is 17.1 Å². The molecule has 0 radical (unpaired) electrons. The number of aryl methyl sites for hydroxylation is 1. The molecule has 3 atom stereocenters. The van der Waals surface area contributed by atoms with E-state index in [4.69, 9.17) is 0 Å². The van der Waals surface area contributed by atoms with Crippen LogP contribution in [0.1, 0.15) is 27.0 Å². The van der Waals surface area contributed by atoms with Crippen molar-refractivity contribution in [3.63, 3.8) is 0 Å². The summed E-state index contributed by atoms with van der Waals surface area (Å²) in [4.78, 5) is 52.9. The van der Waals surface area contributed by atoms with Gasteiger partial charge in [0.2, 0.25) is 5.91 Å². The first-order chi connectivity index (χ1) is 19.6. The lowest BCUT2D eigenvalue weighted by molar-refractivity contribution is -0.151. The number of hydrogen-bond donors (Lipinski definition) is 5. The Bertz CT molecular complexity index is 1560. The largest absolute Gasteiger partial charge is 0.504 e. The third kappa shape index (κ3) is 5.87. The Morgan fingerprint density at radius 1 is 1.12 bits per heavy atom. The molecule has 15 heteroatoms. The van der Waals surface area contributed by atoms with Gasteiger partial charge >= 0.3 is 5.97 Å². The number of hydrogen-bond acceptors (Lipinski definition) is 11. The minimum Gasteiger partial charge on any atom is -0.504 e. The molecule has 0 spiro atoms. The molecule has 212 valence electrons. The summed E-state index contributed by atoms with van der Waals surface area (Å²) in [5.41, 5.74) is 0.922. The number of aromatic hydroxyl groups is 2. The molecule has 5 rings (SSSR count). The molecule has 5 N–H and O–H groups in total. The van der Waals surface area contributed by atoms with E-state index in [9.17, 15) is 34.5 Å². The van der Waals surface area contributed by atoms with Gasteiger partial charge in [0.05, 0.1) is 0 Å². The van der Waals surface area contributed by atoms with Gasteiger partial charge in [-0.2, -0.15) is 0 Å². The van der Waals surface area contributed by atoms with Crippen molar-refractivity contribution in [2.45, 2.75) is 28.7 Å². The minimum absolute atomic E-state index is 0.00749. The van der Waals surface area contributed by atoms with E-state index in [0.717, 1.165) is 17.1 Å². The van der Waals surface area contributed by atoms with Crippen LogP contribution in [0.15, 0.2) is 64.1 Å². The summed E-state index contributed by atoms with van der Waals surface area (Å²) >= 11 is 4.09. The molecule has 41 heavy (non-hydrogen) atoms. The highest BCUT2D eigenvalue weighted by molar-refractivity contribution is 8.01. The van der Waals surface area contributed by atoms with Gasteiger partial charge in [0.25, 0.3) is 11.8 Å². The highest BCUT2D eigenvalue weighted by Crippen LogP contribution is 2.42. The summed E-state index contributed by atoms with van der Waals surface area (Å²) in [6, 6.07) is 9.70. The van der Waals surface area contributed by atoms with Crippen LogP contribution in [-0.4, -0.2) is 77.0 Å². The van der Waals surface area contributed by atoms with Crippen molar-refractivity contribution in [2.24, 2.45) is 0 Å². The SMILES string of the molecule is Cc1nnc(SCC2=C(C(=O)O)N3C(=O)C(NC(=O)C(NC(=O)c4ccc(O)c(O)c4)c4ccccc4)[C@@H]3SC2)s1. The van der Waals surface area contributed by atoms with Crippen molar-refractivity contribution in [1.29, 1.82) is 0 Å². The monoisotopic (exact) mass is 613 g/mol. The van der Waals surface area contributed by atoms with Crippen LogP contribution in [0.3, 0.4) is 0 Å². The van der Waals surface area contributed by atoms with Gasteiger partial charge in [0.1, 0.15) is 28.2 Å². The second-order valence-corrected chi connectivity index (χ2v) is 12.6. The molecule has 3 heterocycles. The van der Waals surface area contributed by atoms with Crippen LogP contribution in [0, 0.1) is 6.92 Å². The Labute approximate surface area is 245 Å². The molecule has 1 saturated heterocycles. The molecule has 2 aromatic carbocycles. The van der Waals surface area contributed by atoms with Crippen LogP contribution >= 0.6 is 34.9 Å². The van der Waals surface area contributed by atoms with Gasteiger partial charge in [-0.25, -0.2) is 4.79 Å². The average molecular weight is 614 g/mol. The number of amides is 3. The van der Waals surface area contributed by atoms with Crippen molar-refractivity contribution in [1.82, 2.24) is 25.7 Å². The first-order valence-electron chi connectivity index (χ1n) is 12.1. The predicted molar refractivity (Wildman–Crippen MR) is 151 cm³/mol.